The second-order valence-corrected chi connectivity index (χ2v) is 4.79. The van der Waals surface area contributed by atoms with E-state index < -0.39 is 4.92 Å². The van der Waals surface area contributed by atoms with Gasteiger partial charge in [-0.05, 0) is 26.1 Å². The summed E-state index contributed by atoms with van der Waals surface area (Å²) in [7, 11) is 1.84. The van der Waals surface area contributed by atoms with Gasteiger partial charge in [-0.3, -0.25) is 10.1 Å². The average Bonchev–Trinajstić information content (AvgIpc) is 2.46. The van der Waals surface area contributed by atoms with Gasteiger partial charge in [-0.15, -0.1) is 0 Å². The van der Waals surface area contributed by atoms with Gasteiger partial charge in [0.2, 0.25) is 5.88 Å². The Morgan fingerprint density at radius 2 is 2.19 bits per heavy atom. The number of pyridine rings is 1. The monoisotopic (exact) mass is 307 g/mol. The third-order valence-corrected chi connectivity index (χ3v) is 3.33. The predicted octanol–water partition coefficient (Wildman–Crippen LogP) is 3.72. The first kappa shape index (κ1) is 15.2. The number of benzene rings is 1. The van der Waals surface area contributed by atoms with E-state index in [1.807, 2.05) is 26.1 Å². The van der Waals surface area contributed by atoms with E-state index in [1.54, 1.807) is 6.20 Å². The molecule has 2 aromatic rings. The number of nitrogens with zero attached hydrogens (tertiary/aromatic N) is 2. The van der Waals surface area contributed by atoms with Crippen molar-refractivity contribution < 1.29 is 9.66 Å². The Balaban J connectivity index is 2.31. The third-order valence-electron chi connectivity index (χ3n) is 3.03. The molecular weight excluding hydrogens is 294 g/mol. The molecule has 1 N–H and O–H groups in total. The van der Waals surface area contributed by atoms with Gasteiger partial charge >= 0.3 is 0 Å². The van der Waals surface area contributed by atoms with Gasteiger partial charge in [-0.25, -0.2) is 4.98 Å². The highest BCUT2D eigenvalue weighted by atomic mass is 35.5. The molecule has 1 heterocycles. The van der Waals surface area contributed by atoms with Crippen molar-refractivity contribution >= 4 is 17.3 Å². The molecule has 1 aromatic heterocycles. The molecule has 0 bridgehead atoms. The number of nitro benzene ring substituents is 1. The molecule has 2 rings (SSSR count). The summed E-state index contributed by atoms with van der Waals surface area (Å²) < 4.78 is 5.69. The van der Waals surface area contributed by atoms with Crippen LogP contribution in [0.5, 0.6) is 11.6 Å². The lowest BCUT2D eigenvalue weighted by Crippen LogP contribution is -2.13. The fourth-order valence-corrected chi connectivity index (χ4v) is 2.02. The topological polar surface area (TPSA) is 77.3 Å². The van der Waals surface area contributed by atoms with Gasteiger partial charge in [0.1, 0.15) is 10.8 Å². The third kappa shape index (κ3) is 3.48. The molecule has 7 heteroatoms. The largest absolute Gasteiger partial charge is 0.439 e. The molecule has 110 valence electrons. The first-order valence-corrected chi connectivity index (χ1v) is 6.64. The summed E-state index contributed by atoms with van der Waals surface area (Å²) in [4.78, 5) is 14.4. The lowest BCUT2D eigenvalue weighted by molar-refractivity contribution is -0.384. The Kier molecular flexibility index (Phi) is 4.72. The Hall–Kier alpha value is -2.18. The summed E-state index contributed by atoms with van der Waals surface area (Å²) in [5, 5.41) is 13.9. The number of nitro groups is 1. The summed E-state index contributed by atoms with van der Waals surface area (Å²) >= 11 is 5.87. The quantitative estimate of drug-likeness (QED) is 0.673. The second-order valence-electron chi connectivity index (χ2n) is 4.38. The smallest absolute Gasteiger partial charge is 0.288 e. The van der Waals surface area contributed by atoms with Crippen molar-refractivity contribution in [2.75, 3.05) is 7.05 Å². The fraction of sp³-hybridized carbons (Fsp3) is 0.214. The van der Waals surface area contributed by atoms with Gasteiger partial charge in [0.05, 0.1) is 4.92 Å². The van der Waals surface area contributed by atoms with E-state index in [2.05, 4.69) is 10.3 Å². The molecule has 0 aliphatic rings. The van der Waals surface area contributed by atoms with E-state index >= 15 is 0 Å². The number of rotatable bonds is 5. The van der Waals surface area contributed by atoms with Gasteiger partial charge in [0, 0.05) is 29.9 Å². The maximum Gasteiger partial charge on any atom is 0.288 e. The summed E-state index contributed by atoms with van der Waals surface area (Å²) in [6, 6.07) is 7.98. The molecule has 0 aliphatic heterocycles. The van der Waals surface area contributed by atoms with Crippen LogP contribution in [0.3, 0.4) is 0 Å². The molecule has 21 heavy (non-hydrogen) atoms. The van der Waals surface area contributed by atoms with Crippen LogP contribution in [0, 0.1) is 10.1 Å². The number of hydrogen-bond acceptors (Lipinski definition) is 5. The van der Waals surface area contributed by atoms with Crippen molar-refractivity contribution in [1.82, 2.24) is 10.3 Å². The van der Waals surface area contributed by atoms with Gasteiger partial charge in [0.15, 0.2) is 0 Å². The minimum Gasteiger partial charge on any atom is -0.439 e. The molecule has 0 aliphatic carbocycles. The van der Waals surface area contributed by atoms with E-state index in [1.165, 1.54) is 18.2 Å². The first-order valence-electron chi connectivity index (χ1n) is 6.27. The SMILES string of the molecule is CNC(C)c1cccnc1Oc1ccc([N+](=O)[O-])c(Cl)c1. The molecule has 0 saturated carbocycles. The molecular formula is C14H14ClN3O3. The molecule has 0 fully saturated rings. The Bertz CT molecular complexity index is 664. The zero-order valence-corrected chi connectivity index (χ0v) is 12.3. The van der Waals surface area contributed by atoms with Crippen LogP contribution >= 0.6 is 11.6 Å². The van der Waals surface area contributed by atoms with Crippen LogP contribution in [0.4, 0.5) is 5.69 Å². The van der Waals surface area contributed by atoms with Crippen molar-refractivity contribution in [3.63, 3.8) is 0 Å². The molecule has 0 saturated heterocycles. The zero-order valence-electron chi connectivity index (χ0n) is 11.5. The van der Waals surface area contributed by atoms with E-state index in [-0.39, 0.29) is 16.8 Å². The van der Waals surface area contributed by atoms with Crippen LogP contribution in [0.25, 0.3) is 0 Å². The molecule has 0 amide bonds. The highest BCUT2D eigenvalue weighted by molar-refractivity contribution is 6.32. The number of hydrogen-bond donors (Lipinski definition) is 1. The minimum absolute atomic E-state index is 0.0247. The van der Waals surface area contributed by atoms with E-state index in [0.29, 0.717) is 11.6 Å². The number of nitrogens with one attached hydrogen (secondary N) is 1. The van der Waals surface area contributed by atoms with E-state index in [9.17, 15) is 10.1 Å². The normalized spacial score (nSPS) is 12.0. The van der Waals surface area contributed by atoms with E-state index in [4.69, 9.17) is 16.3 Å². The fourth-order valence-electron chi connectivity index (χ4n) is 1.78. The summed E-state index contributed by atoms with van der Waals surface area (Å²) in [6.07, 6.45) is 1.62. The van der Waals surface area contributed by atoms with Gasteiger partial charge in [-0.1, -0.05) is 17.7 Å². The number of aromatic nitrogens is 1. The summed E-state index contributed by atoms with van der Waals surface area (Å²) in [5.74, 6) is 0.832. The molecule has 1 aromatic carbocycles. The van der Waals surface area contributed by atoms with Crippen LogP contribution in [-0.2, 0) is 0 Å². The number of halogens is 1. The molecule has 0 spiro atoms. The van der Waals surface area contributed by atoms with Crippen LogP contribution in [-0.4, -0.2) is 17.0 Å². The van der Waals surface area contributed by atoms with Crippen molar-refractivity contribution in [2.24, 2.45) is 0 Å². The van der Waals surface area contributed by atoms with Crippen molar-refractivity contribution in [2.45, 2.75) is 13.0 Å². The summed E-state index contributed by atoms with van der Waals surface area (Å²) in [6.45, 7) is 1.98. The van der Waals surface area contributed by atoms with Gasteiger partial charge in [-0.2, -0.15) is 0 Å². The summed E-state index contributed by atoms with van der Waals surface area (Å²) in [5.41, 5.74) is 0.725. The second kappa shape index (κ2) is 6.51. The predicted molar refractivity (Wildman–Crippen MR) is 79.9 cm³/mol. The number of ether oxygens (including phenoxy) is 1. The van der Waals surface area contributed by atoms with Crippen LogP contribution in [0.2, 0.25) is 5.02 Å². The van der Waals surface area contributed by atoms with Crippen molar-refractivity contribution in [3.8, 4) is 11.6 Å². The van der Waals surface area contributed by atoms with Crippen molar-refractivity contribution in [3.05, 3.63) is 57.2 Å². The molecule has 0 radical (unpaired) electrons. The highest BCUT2D eigenvalue weighted by Gasteiger charge is 2.15. The average molecular weight is 308 g/mol. The molecule has 1 atom stereocenters. The maximum absolute atomic E-state index is 10.7. The van der Waals surface area contributed by atoms with Crippen LogP contribution in [0.15, 0.2) is 36.5 Å². The van der Waals surface area contributed by atoms with Crippen LogP contribution < -0.4 is 10.1 Å². The van der Waals surface area contributed by atoms with Crippen LogP contribution in [0.1, 0.15) is 18.5 Å². The first-order chi connectivity index (χ1) is 10.0. The lowest BCUT2D eigenvalue weighted by Gasteiger charge is -2.15. The van der Waals surface area contributed by atoms with Gasteiger partial charge < -0.3 is 10.1 Å². The van der Waals surface area contributed by atoms with Gasteiger partial charge in [0.25, 0.3) is 5.69 Å². The zero-order chi connectivity index (χ0) is 15.4. The Morgan fingerprint density at radius 3 is 2.81 bits per heavy atom. The molecule has 1 unspecified atom stereocenters. The maximum atomic E-state index is 10.7. The standard InChI is InChI=1S/C14H14ClN3O3/c1-9(16-2)11-4-3-7-17-14(11)21-10-5-6-13(18(19)20)12(15)8-10/h3-9,16H,1-2H3. The minimum atomic E-state index is -0.540. The highest BCUT2D eigenvalue weighted by Crippen LogP contribution is 2.32. The van der Waals surface area contributed by atoms with E-state index in [0.717, 1.165) is 5.56 Å². The van der Waals surface area contributed by atoms with Crippen molar-refractivity contribution in [1.29, 1.82) is 0 Å². The Morgan fingerprint density at radius 1 is 1.43 bits per heavy atom. The molecule has 6 nitrogen and oxygen atoms in total. The Labute approximate surface area is 126 Å². The lowest BCUT2D eigenvalue weighted by atomic mass is 10.1.